The molecule has 1 aliphatic heterocycles. The van der Waals surface area contributed by atoms with Crippen LogP contribution in [-0.2, 0) is 26.9 Å². The maximum absolute atomic E-state index is 12.1. The summed E-state index contributed by atoms with van der Waals surface area (Å²) in [5.41, 5.74) is 1.79. The molecule has 8 heteroatoms. The number of nitrogens with zero attached hydrogens (tertiary/aromatic N) is 2. The molecule has 1 aromatic rings. The molecule has 1 unspecified atom stereocenters. The van der Waals surface area contributed by atoms with Crippen LogP contribution in [0.25, 0.3) is 0 Å². The van der Waals surface area contributed by atoms with Crippen molar-refractivity contribution in [3.8, 4) is 0 Å². The predicted molar refractivity (Wildman–Crippen MR) is 113 cm³/mol. The zero-order chi connectivity index (χ0) is 20.7. The minimum absolute atomic E-state index is 0.0197. The van der Waals surface area contributed by atoms with Crippen molar-refractivity contribution >= 4 is 21.7 Å². The Kier molecular flexibility index (Phi) is 7.86. The van der Waals surface area contributed by atoms with E-state index in [4.69, 9.17) is 0 Å². The number of amides is 1. The van der Waals surface area contributed by atoms with Crippen molar-refractivity contribution in [3.05, 3.63) is 35.4 Å². The molecule has 0 spiro atoms. The minimum Gasteiger partial charge on any atom is -0.357 e. The van der Waals surface area contributed by atoms with Gasteiger partial charge in [-0.1, -0.05) is 38.1 Å². The molecule has 0 aromatic heterocycles. The Morgan fingerprint density at radius 1 is 1.25 bits per heavy atom. The van der Waals surface area contributed by atoms with Gasteiger partial charge in [-0.25, -0.2) is 13.4 Å². The van der Waals surface area contributed by atoms with Gasteiger partial charge in [0.15, 0.2) is 15.8 Å². The second kappa shape index (κ2) is 9.91. The molecule has 1 fully saturated rings. The topological polar surface area (TPSA) is 90.9 Å². The number of nitrogens with one attached hydrogen (secondary N) is 2. The van der Waals surface area contributed by atoms with E-state index < -0.39 is 9.84 Å². The van der Waals surface area contributed by atoms with Crippen LogP contribution >= 0.6 is 0 Å². The Labute approximate surface area is 168 Å². The van der Waals surface area contributed by atoms with Crippen LogP contribution in [0, 0.1) is 5.92 Å². The Morgan fingerprint density at radius 3 is 2.46 bits per heavy atom. The number of hydrogen-bond acceptors (Lipinski definition) is 4. The quantitative estimate of drug-likeness (QED) is 0.528. The van der Waals surface area contributed by atoms with E-state index in [1.54, 1.807) is 0 Å². The first kappa shape index (κ1) is 22.2. The Balaban J connectivity index is 1.94. The first-order valence-electron chi connectivity index (χ1n) is 9.77. The van der Waals surface area contributed by atoms with Crippen molar-refractivity contribution in [1.29, 1.82) is 0 Å². The fourth-order valence-electron chi connectivity index (χ4n) is 3.17. The van der Waals surface area contributed by atoms with E-state index in [0.717, 1.165) is 36.6 Å². The van der Waals surface area contributed by atoms with Crippen LogP contribution in [0.5, 0.6) is 0 Å². The summed E-state index contributed by atoms with van der Waals surface area (Å²) >= 11 is 0. The molecule has 1 aliphatic rings. The highest BCUT2D eigenvalue weighted by Crippen LogP contribution is 2.13. The van der Waals surface area contributed by atoms with Crippen LogP contribution in [0.4, 0.5) is 0 Å². The van der Waals surface area contributed by atoms with Crippen molar-refractivity contribution in [3.63, 3.8) is 0 Å². The summed E-state index contributed by atoms with van der Waals surface area (Å²) in [5, 5.41) is 6.66. The van der Waals surface area contributed by atoms with Gasteiger partial charge in [0.25, 0.3) is 0 Å². The van der Waals surface area contributed by atoms with E-state index >= 15 is 0 Å². The summed E-state index contributed by atoms with van der Waals surface area (Å²) in [6, 6.07) is 7.67. The molecule has 1 amide bonds. The Morgan fingerprint density at radius 2 is 1.89 bits per heavy atom. The first-order valence-corrected chi connectivity index (χ1v) is 11.8. The molecule has 0 radical (unpaired) electrons. The van der Waals surface area contributed by atoms with E-state index in [2.05, 4.69) is 15.6 Å². The van der Waals surface area contributed by atoms with Crippen LogP contribution in [0.1, 0.15) is 38.3 Å². The summed E-state index contributed by atoms with van der Waals surface area (Å²) in [6.07, 6.45) is 2.14. The van der Waals surface area contributed by atoms with Gasteiger partial charge in [0.2, 0.25) is 5.91 Å². The number of hydrogen-bond donors (Lipinski definition) is 2. The van der Waals surface area contributed by atoms with Crippen LogP contribution in [0.15, 0.2) is 29.3 Å². The number of likely N-dealkylation sites (tertiary alicyclic amines) is 1. The second-order valence-corrected chi connectivity index (χ2v) is 9.79. The van der Waals surface area contributed by atoms with Gasteiger partial charge in [0, 0.05) is 37.8 Å². The van der Waals surface area contributed by atoms with E-state index in [1.807, 2.05) is 49.9 Å². The monoisotopic (exact) mass is 408 g/mol. The lowest BCUT2D eigenvalue weighted by molar-refractivity contribution is -0.133. The van der Waals surface area contributed by atoms with E-state index in [1.165, 1.54) is 6.26 Å². The van der Waals surface area contributed by atoms with E-state index in [-0.39, 0.29) is 23.6 Å². The molecule has 1 atom stereocenters. The van der Waals surface area contributed by atoms with Gasteiger partial charge >= 0.3 is 0 Å². The molecule has 0 bridgehead atoms. The number of rotatable bonds is 7. The zero-order valence-corrected chi connectivity index (χ0v) is 18.1. The van der Waals surface area contributed by atoms with E-state index in [9.17, 15) is 13.2 Å². The van der Waals surface area contributed by atoms with Gasteiger partial charge in [-0.15, -0.1) is 0 Å². The summed E-state index contributed by atoms with van der Waals surface area (Å²) in [5.74, 6) is 0.992. The number of guanidine groups is 1. The average molecular weight is 409 g/mol. The average Bonchev–Trinajstić information content (AvgIpc) is 3.07. The highest BCUT2D eigenvalue weighted by molar-refractivity contribution is 7.89. The largest absolute Gasteiger partial charge is 0.357 e. The maximum Gasteiger partial charge on any atom is 0.225 e. The highest BCUT2D eigenvalue weighted by atomic mass is 32.2. The van der Waals surface area contributed by atoms with Gasteiger partial charge in [-0.3, -0.25) is 4.79 Å². The smallest absolute Gasteiger partial charge is 0.225 e. The molecule has 0 saturated carbocycles. The summed E-state index contributed by atoms with van der Waals surface area (Å²) in [4.78, 5) is 18.7. The van der Waals surface area contributed by atoms with Gasteiger partial charge in [0.05, 0.1) is 12.3 Å². The Bertz CT molecular complexity index is 788. The molecule has 2 N–H and O–H groups in total. The zero-order valence-electron chi connectivity index (χ0n) is 17.2. The lowest BCUT2D eigenvalue weighted by atomic mass is 10.1. The molecular formula is C20H32N4O3S. The fourth-order valence-corrected chi connectivity index (χ4v) is 3.97. The van der Waals surface area contributed by atoms with E-state index in [0.29, 0.717) is 13.1 Å². The molecule has 1 heterocycles. The number of benzene rings is 1. The van der Waals surface area contributed by atoms with Crippen molar-refractivity contribution in [1.82, 2.24) is 15.5 Å². The third-order valence-electron chi connectivity index (χ3n) is 4.55. The van der Waals surface area contributed by atoms with Crippen molar-refractivity contribution in [2.75, 3.05) is 25.9 Å². The lowest BCUT2D eigenvalue weighted by Gasteiger charge is -2.20. The Hall–Kier alpha value is -2.09. The molecule has 7 nitrogen and oxygen atoms in total. The molecule has 28 heavy (non-hydrogen) atoms. The van der Waals surface area contributed by atoms with Gasteiger partial charge in [-0.05, 0) is 24.5 Å². The normalized spacial score (nSPS) is 17.8. The lowest BCUT2D eigenvalue weighted by Crippen LogP contribution is -2.45. The summed E-state index contributed by atoms with van der Waals surface area (Å²) in [7, 11) is -3.03. The van der Waals surface area contributed by atoms with Crippen LogP contribution in [-0.4, -0.2) is 57.1 Å². The number of sulfone groups is 1. The fraction of sp³-hybridized carbons (Fsp3) is 0.600. The molecule has 2 rings (SSSR count). The minimum atomic E-state index is -3.03. The van der Waals surface area contributed by atoms with Crippen molar-refractivity contribution in [2.45, 2.75) is 45.5 Å². The SMILES string of the molecule is CCNC(=NCc1ccc(CS(C)(=O)=O)cc1)NC1CCN(C(=O)C(C)C)C1. The van der Waals surface area contributed by atoms with Crippen LogP contribution < -0.4 is 10.6 Å². The predicted octanol–water partition coefficient (Wildman–Crippen LogP) is 1.54. The van der Waals surface area contributed by atoms with Crippen LogP contribution in [0.3, 0.4) is 0 Å². The third kappa shape index (κ3) is 7.14. The van der Waals surface area contributed by atoms with Crippen LogP contribution in [0.2, 0.25) is 0 Å². The number of carbonyl (C=O) groups is 1. The number of aliphatic imine (C=N–C) groups is 1. The standard InChI is InChI=1S/C20H32N4O3S/c1-5-21-20(23-18-10-11-24(13-18)19(25)15(2)3)22-12-16-6-8-17(9-7-16)14-28(4,26)27/h6-9,15,18H,5,10-14H2,1-4H3,(H2,21,22,23). The van der Waals surface area contributed by atoms with Gasteiger partial charge in [-0.2, -0.15) is 0 Å². The van der Waals surface area contributed by atoms with Gasteiger partial charge < -0.3 is 15.5 Å². The molecular weight excluding hydrogens is 376 g/mol. The molecule has 1 aromatic carbocycles. The van der Waals surface area contributed by atoms with Crippen molar-refractivity contribution in [2.24, 2.45) is 10.9 Å². The highest BCUT2D eigenvalue weighted by Gasteiger charge is 2.27. The molecule has 1 saturated heterocycles. The van der Waals surface area contributed by atoms with Gasteiger partial charge in [0.1, 0.15) is 0 Å². The summed E-state index contributed by atoms with van der Waals surface area (Å²) < 4.78 is 22.8. The van der Waals surface area contributed by atoms with Crippen molar-refractivity contribution < 1.29 is 13.2 Å². The third-order valence-corrected chi connectivity index (χ3v) is 5.41. The maximum atomic E-state index is 12.1. The number of carbonyl (C=O) groups excluding carboxylic acids is 1. The second-order valence-electron chi connectivity index (χ2n) is 7.65. The molecule has 0 aliphatic carbocycles. The first-order chi connectivity index (χ1) is 13.2. The summed E-state index contributed by atoms with van der Waals surface area (Å²) in [6.45, 7) is 8.58. The molecule has 156 valence electrons.